The van der Waals surface area contributed by atoms with E-state index >= 15 is 0 Å². The smallest absolute Gasteiger partial charge is 0.306 e. The van der Waals surface area contributed by atoms with Gasteiger partial charge in [0.1, 0.15) is 17.6 Å². The molecule has 6 fully saturated rings. The first-order valence-electron chi connectivity index (χ1n) is 22.7. The van der Waals surface area contributed by atoms with Crippen LogP contribution in [-0.4, -0.2) is 54.4 Å². The van der Waals surface area contributed by atoms with Gasteiger partial charge >= 0.3 is 5.97 Å². The number of ketones is 2. The molecule has 12 atom stereocenters. The molecule has 7 aliphatic rings. The Hall–Kier alpha value is -3.00. The Morgan fingerprint density at radius 1 is 0.912 bits per heavy atom. The van der Waals surface area contributed by atoms with Crippen LogP contribution in [0.25, 0.3) is 0 Å². The highest BCUT2D eigenvalue weighted by Gasteiger charge is 2.66. The summed E-state index contributed by atoms with van der Waals surface area (Å²) < 4.78 is 11.4. The molecule has 312 valence electrons. The Bertz CT molecular complexity index is 1790. The maximum atomic E-state index is 14.0. The van der Waals surface area contributed by atoms with Crippen molar-refractivity contribution in [2.45, 2.75) is 138 Å². The summed E-state index contributed by atoms with van der Waals surface area (Å²) in [5, 5.41) is 12.8. The number of fused-ring (bicyclic) bond motifs is 7. The predicted octanol–water partition coefficient (Wildman–Crippen LogP) is 9.50. The molecule has 0 radical (unpaired) electrons. The highest BCUT2D eigenvalue weighted by molar-refractivity contribution is 6.00. The van der Waals surface area contributed by atoms with E-state index in [0.29, 0.717) is 79.1 Å². The fourth-order valence-electron chi connectivity index (χ4n) is 15.1. The van der Waals surface area contributed by atoms with E-state index in [1.54, 1.807) is 0 Å². The second kappa shape index (κ2) is 14.9. The number of benzene rings is 1. The van der Waals surface area contributed by atoms with Crippen LogP contribution < -0.4 is 10.1 Å². The number of hydrogen-bond donors (Lipinski definition) is 2. The zero-order valence-corrected chi connectivity index (χ0v) is 35.8. The van der Waals surface area contributed by atoms with E-state index in [4.69, 9.17) is 9.47 Å². The lowest BCUT2D eigenvalue weighted by atomic mass is 9.35. The van der Waals surface area contributed by atoms with Gasteiger partial charge in [0.25, 0.3) is 5.91 Å². The van der Waals surface area contributed by atoms with E-state index in [1.807, 2.05) is 31.2 Å². The van der Waals surface area contributed by atoms with Gasteiger partial charge in [-0.05, 0) is 152 Å². The predicted molar refractivity (Wildman–Crippen MR) is 220 cm³/mol. The molecular weight excluding hydrogens is 715 g/mol. The number of Topliss-reactive ketones (excluding diaryl/α,β-unsaturated/α-hetero) is 2. The summed E-state index contributed by atoms with van der Waals surface area (Å²) >= 11 is 0. The van der Waals surface area contributed by atoms with Crippen LogP contribution in [0.15, 0.2) is 35.4 Å². The average Bonchev–Trinajstić information content (AvgIpc) is 3.77. The molecule has 8 rings (SSSR count). The van der Waals surface area contributed by atoms with Gasteiger partial charge < -0.3 is 19.9 Å². The van der Waals surface area contributed by atoms with E-state index in [9.17, 15) is 24.3 Å². The van der Waals surface area contributed by atoms with Crippen LogP contribution in [0.5, 0.6) is 5.75 Å². The van der Waals surface area contributed by atoms with E-state index in [0.717, 1.165) is 62.9 Å². The molecule has 2 N–H and O–H groups in total. The largest absolute Gasteiger partial charge is 0.488 e. The molecule has 8 heteroatoms. The first-order valence-corrected chi connectivity index (χ1v) is 22.7. The fourth-order valence-corrected chi connectivity index (χ4v) is 15.1. The number of rotatable bonds is 11. The van der Waals surface area contributed by atoms with Crippen molar-refractivity contribution >= 4 is 23.4 Å². The normalized spacial score (nSPS) is 40.7. The lowest BCUT2D eigenvalue weighted by Crippen LogP contribution is -2.62. The van der Waals surface area contributed by atoms with Gasteiger partial charge in [-0.15, -0.1) is 0 Å². The molecule has 8 nitrogen and oxygen atoms in total. The highest BCUT2D eigenvalue weighted by atomic mass is 16.5. The Morgan fingerprint density at radius 3 is 2.32 bits per heavy atom. The van der Waals surface area contributed by atoms with Gasteiger partial charge in [0.2, 0.25) is 0 Å². The summed E-state index contributed by atoms with van der Waals surface area (Å²) in [7, 11) is 0. The number of nitrogens with one attached hydrogen (secondary N) is 1. The summed E-state index contributed by atoms with van der Waals surface area (Å²) in [6, 6.07) is 7.40. The number of allylic oxidation sites excluding steroid dienone is 2. The summed E-state index contributed by atoms with van der Waals surface area (Å²) in [5.74, 6) is 2.65. The summed E-state index contributed by atoms with van der Waals surface area (Å²) in [6.07, 6.45) is 12.5. The van der Waals surface area contributed by atoms with Gasteiger partial charge in [0, 0.05) is 42.7 Å². The van der Waals surface area contributed by atoms with E-state index in [-0.39, 0.29) is 57.3 Å². The molecule has 1 heterocycles. The molecule has 0 bridgehead atoms. The first kappa shape index (κ1) is 40.8. The minimum Gasteiger partial charge on any atom is -0.488 e. The molecule has 57 heavy (non-hydrogen) atoms. The minimum absolute atomic E-state index is 0.0398. The number of carboxylic acid groups (broad SMARTS) is 1. The van der Waals surface area contributed by atoms with Gasteiger partial charge in [-0.25, -0.2) is 0 Å². The minimum atomic E-state index is -0.760. The van der Waals surface area contributed by atoms with Gasteiger partial charge in [-0.2, -0.15) is 0 Å². The molecule has 1 aromatic rings. The van der Waals surface area contributed by atoms with Crippen molar-refractivity contribution in [1.82, 2.24) is 5.32 Å². The third-order valence-corrected chi connectivity index (χ3v) is 18.1. The number of carbonyl (C=O) groups excluding carboxylic acids is 3. The SMILES string of the molecule is CC(C)C1=C2C3CCC4C(C)(CCC5C(C)(C)C(CC(=O)C6CC(C(=O)O)C6C)CCC54C)C3CCC2(CCNC(=O)c2ccc(OC3CCOC3)cc2)CC1=O. The Kier molecular flexibility index (Phi) is 10.7. The second-order valence-corrected chi connectivity index (χ2v) is 21.4. The molecule has 1 aromatic carbocycles. The fraction of sp³-hybridized carbons (Fsp3) is 0.755. The molecule has 5 saturated carbocycles. The monoisotopic (exact) mass is 784 g/mol. The van der Waals surface area contributed by atoms with Gasteiger partial charge in [0.15, 0.2) is 5.78 Å². The van der Waals surface area contributed by atoms with Crippen molar-refractivity contribution in [3.05, 3.63) is 41.0 Å². The first-order chi connectivity index (χ1) is 27.0. The summed E-state index contributed by atoms with van der Waals surface area (Å²) in [5.41, 5.74) is 3.45. The lowest BCUT2D eigenvalue weighted by Gasteiger charge is -2.69. The van der Waals surface area contributed by atoms with Crippen molar-refractivity contribution in [3.63, 3.8) is 0 Å². The van der Waals surface area contributed by atoms with Crippen LogP contribution in [0.1, 0.15) is 142 Å². The molecule has 1 aliphatic heterocycles. The molecule has 1 saturated heterocycles. The van der Waals surface area contributed by atoms with Crippen LogP contribution in [0.4, 0.5) is 0 Å². The highest BCUT2D eigenvalue weighted by Crippen LogP contribution is 2.74. The number of aliphatic carboxylic acids is 1. The maximum absolute atomic E-state index is 14.0. The maximum Gasteiger partial charge on any atom is 0.306 e. The van der Waals surface area contributed by atoms with Crippen molar-refractivity contribution in [1.29, 1.82) is 0 Å². The van der Waals surface area contributed by atoms with Crippen LogP contribution in [0.2, 0.25) is 0 Å². The molecule has 12 unspecified atom stereocenters. The van der Waals surface area contributed by atoms with E-state index in [1.165, 1.54) is 24.8 Å². The Morgan fingerprint density at radius 2 is 1.65 bits per heavy atom. The summed E-state index contributed by atoms with van der Waals surface area (Å²) in [4.78, 5) is 52.6. The Balaban J connectivity index is 0.957. The molecule has 1 amide bonds. The van der Waals surface area contributed by atoms with E-state index < -0.39 is 5.97 Å². The third kappa shape index (κ3) is 6.74. The molecule has 6 aliphatic carbocycles. The number of carboxylic acids is 1. The molecular formula is C49H69NO7. The molecule has 0 aromatic heterocycles. The third-order valence-electron chi connectivity index (χ3n) is 18.1. The number of ether oxygens (including phenoxy) is 2. The van der Waals surface area contributed by atoms with Crippen molar-refractivity contribution in [3.8, 4) is 5.75 Å². The van der Waals surface area contributed by atoms with Gasteiger partial charge in [-0.3, -0.25) is 19.2 Å². The number of hydrogen-bond acceptors (Lipinski definition) is 6. The second-order valence-electron chi connectivity index (χ2n) is 21.4. The topological polar surface area (TPSA) is 119 Å². The van der Waals surface area contributed by atoms with Crippen molar-refractivity contribution in [2.24, 2.45) is 74.9 Å². The van der Waals surface area contributed by atoms with Crippen LogP contribution in [0.3, 0.4) is 0 Å². The lowest BCUT2D eigenvalue weighted by molar-refractivity contribution is -0.193. The van der Waals surface area contributed by atoms with Gasteiger partial charge in [0.05, 0.1) is 19.1 Å². The zero-order valence-electron chi connectivity index (χ0n) is 35.8. The van der Waals surface area contributed by atoms with Crippen LogP contribution in [-0.2, 0) is 19.1 Å². The quantitative estimate of drug-likeness (QED) is 0.230. The van der Waals surface area contributed by atoms with Crippen LogP contribution >= 0.6 is 0 Å². The zero-order chi connectivity index (χ0) is 40.7. The van der Waals surface area contributed by atoms with Gasteiger partial charge in [-0.1, -0.05) is 54.0 Å². The number of carbonyl (C=O) groups is 4. The molecule has 0 spiro atoms. The average molecular weight is 784 g/mol. The van der Waals surface area contributed by atoms with Crippen LogP contribution in [0, 0.1) is 74.9 Å². The summed E-state index contributed by atoms with van der Waals surface area (Å²) in [6.45, 7) is 18.3. The van der Waals surface area contributed by atoms with E-state index in [2.05, 4.69) is 46.9 Å². The Labute approximate surface area is 341 Å². The number of amides is 1. The standard InChI is InChI=1S/C49H69NO7/c1-28(2)42-39(52)26-49(21-22-50-44(53)30-8-10-32(11-9-30)57-33-17-23-56-27-33)20-15-37-34(43(42)49)12-13-41-47(37,6)19-16-40-46(4,5)31(14-18-48(40,41)7)24-38(51)35-25-36(29(35)3)45(54)55/h8-11,28-29,31,33-37,40-41H,12-27H2,1-7H3,(H,50,53)(H,54,55). The van der Waals surface area contributed by atoms with Crippen molar-refractivity contribution in [2.75, 3.05) is 19.8 Å². The van der Waals surface area contributed by atoms with Crippen molar-refractivity contribution < 1.29 is 33.8 Å².